The molecule has 1 saturated heterocycles. The molecule has 21 heavy (non-hydrogen) atoms. The van der Waals surface area contributed by atoms with Gasteiger partial charge in [0.2, 0.25) is 0 Å². The van der Waals surface area contributed by atoms with Gasteiger partial charge < -0.3 is 15.3 Å². The first-order valence-corrected chi connectivity index (χ1v) is 7.78. The van der Waals surface area contributed by atoms with Crippen molar-refractivity contribution in [2.45, 2.75) is 13.3 Å². The van der Waals surface area contributed by atoms with Crippen LogP contribution in [-0.2, 0) is 4.79 Å². The third-order valence-electron chi connectivity index (χ3n) is 3.49. The Bertz CT molecular complexity index is 567. The number of carbonyl (C=O) groups is 2. The Morgan fingerprint density at radius 3 is 2.81 bits per heavy atom. The molecule has 2 atom stereocenters. The molecule has 2 rings (SSSR count). The van der Waals surface area contributed by atoms with Gasteiger partial charge in [-0.1, -0.05) is 24.6 Å². The molecular weight excluding hydrogens is 360 g/mol. The van der Waals surface area contributed by atoms with Crippen molar-refractivity contribution in [3.63, 3.8) is 0 Å². The molecule has 1 fully saturated rings. The van der Waals surface area contributed by atoms with Crippen molar-refractivity contribution in [1.82, 2.24) is 4.90 Å². The second-order valence-electron chi connectivity index (χ2n) is 5.31. The summed E-state index contributed by atoms with van der Waals surface area (Å²) in [5.41, 5.74) is 0.567. The Labute approximate surface area is 136 Å². The molecular formula is C14H16BrClN2O3. The number of hydrogen-bond acceptors (Lipinski definition) is 2. The summed E-state index contributed by atoms with van der Waals surface area (Å²) in [5, 5.41) is 12.4. The van der Waals surface area contributed by atoms with Crippen LogP contribution in [0, 0.1) is 11.8 Å². The summed E-state index contributed by atoms with van der Waals surface area (Å²) in [6.45, 7) is 2.72. The molecule has 1 aromatic carbocycles. The quantitative estimate of drug-likeness (QED) is 0.828. The van der Waals surface area contributed by atoms with Gasteiger partial charge in [0, 0.05) is 13.1 Å². The number of likely N-dealkylation sites (tertiary alicyclic amines) is 1. The number of amides is 2. The SMILES string of the molecule is CC1CC(C(=O)O)CN(C(=O)Nc2cccc(Cl)c2Br)C1. The zero-order valence-corrected chi connectivity index (χ0v) is 13.8. The Kier molecular flexibility index (Phi) is 5.11. The topological polar surface area (TPSA) is 69.6 Å². The summed E-state index contributed by atoms with van der Waals surface area (Å²) in [6.07, 6.45) is 0.597. The lowest BCUT2D eigenvalue weighted by Crippen LogP contribution is -2.47. The molecule has 1 heterocycles. The first-order valence-electron chi connectivity index (χ1n) is 6.61. The van der Waals surface area contributed by atoms with E-state index in [1.807, 2.05) is 6.92 Å². The maximum Gasteiger partial charge on any atom is 0.321 e. The number of hydrogen-bond donors (Lipinski definition) is 2. The van der Waals surface area contributed by atoms with Gasteiger partial charge in [0.1, 0.15) is 0 Å². The monoisotopic (exact) mass is 374 g/mol. The van der Waals surface area contributed by atoms with Crippen LogP contribution in [0.15, 0.2) is 22.7 Å². The molecule has 1 aliphatic heterocycles. The number of carbonyl (C=O) groups excluding carboxylic acids is 1. The van der Waals surface area contributed by atoms with Crippen molar-refractivity contribution in [3.8, 4) is 0 Å². The number of halogens is 2. The second-order valence-corrected chi connectivity index (χ2v) is 6.51. The molecule has 1 aromatic rings. The average molecular weight is 376 g/mol. The van der Waals surface area contributed by atoms with Gasteiger partial charge in [-0.3, -0.25) is 4.79 Å². The fourth-order valence-electron chi connectivity index (χ4n) is 2.49. The molecule has 0 aromatic heterocycles. The van der Waals surface area contributed by atoms with E-state index >= 15 is 0 Å². The van der Waals surface area contributed by atoms with Crippen LogP contribution in [0.5, 0.6) is 0 Å². The van der Waals surface area contributed by atoms with Gasteiger partial charge in [0.05, 0.1) is 21.1 Å². The Morgan fingerprint density at radius 2 is 2.14 bits per heavy atom. The molecule has 2 unspecified atom stereocenters. The van der Waals surface area contributed by atoms with E-state index in [1.165, 1.54) is 0 Å². The van der Waals surface area contributed by atoms with Gasteiger partial charge in [0.25, 0.3) is 0 Å². The van der Waals surface area contributed by atoms with Crippen LogP contribution in [-0.4, -0.2) is 35.1 Å². The van der Waals surface area contributed by atoms with Crippen molar-refractivity contribution in [2.75, 3.05) is 18.4 Å². The van der Waals surface area contributed by atoms with Crippen molar-refractivity contribution in [2.24, 2.45) is 11.8 Å². The van der Waals surface area contributed by atoms with Gasteiger partial charge in [0.15, 0.2) is 0 Å². The highest BCUT2D eigenvalue weighted by Crippen LogP contribution is 2.30. The first-order chi connectivity index (χ1) is 9.88. The molecule has 2 N–H and O–H groups in total. The summed E-state index contributed by atoms with van der Waals surface area (Å²) in [6, 6.07) is 4.87. The summed E-state index contributed by atoms with van der Waals surface area (Å²) in [7, 11) is 0. The first kappa shape index (κ1) is 16.1. The van der Waals surface area contributed by atoms with E-state index in [2.05, 4.69) is 21.2 Å². The lowest BCUT2D eigenvalue weighted by atomic mass is 9.91. The van der Waals surface area contributed by atoms with E-state index in [4.69, 9.17) is 16.7 Å². The normalized spacial score (nSPS) is 22.0. The van der Waals surface area contributed by atoms with E-state index < -0.39 is 11.9 Å². The van der Waals surface area contributed by atoms with Gasteiger partial charge in [-0.25, -0.2) is 4.79 Å². The second kappa shape index (κ2) is 6.66. The fourth-order valence-corrected chi connectivity index (χ4v) is 3.03. The Balaban J connectivity index is 2.09. The summed E-state index contributed by atoms with van der Waals surface area (Å²) < 4.78 is 0.611. The number of carboxylic acid groups (broad SMARTS) is 1. The summed E-state index contributed by atoms with van der Waals surface area (Å²) in [5.74, 6) is -1.21. The van der Waals surface area contributed by atoms with Crippen LogP contribution >= 0.6 is 27.5 Å². The Hall–Kier alpha value is -1.27. The van der Waals surface area contributed by atoms with Crippen LogP contribution in [0.4, 0.5) is 10.5 Å². The highest BCUT2D eigenvalue weighted by atomic mass is 79.9. The maximum absolute atomic E-state index is 12.3. The lowest BCUT2D eigenvalue weighted by molar-refractivity contribution is -0.143. The van der Waals surface area contributed by atoms with Crippen LogP contribution in [0.1, 0.15) is 13.3 Å². The van der Waals surface area contributed by atoms with Gasteiger partial charge in [-0.15, -0.1) is 0 Å². The van der Waals surface area contributed by atoms with Crippen LogP contribution < -0.4 is 5.32 Å². The number of nitrogens with zero attached hydrogens (tertiary/aromatic N) is 1. The van der Waals surface area contributed by atoms with Crippen molar-refractivity contribution in [1.29, 1.82) is 0 Å². The van der Waals surface area contributed by atoms with E-state index in [-0.39, 0.29) is 18.5 Å². The van der Waals surface area contributed by atoms with Crippen molar-refractivity contribution in [3.05, 3.63) is 27.7 Å². The predicted octanol–water partition coefficient (Wildman–Crippen LogP) is 3.68. The number of piperidine rings is 1. The number of rotatable bonds is 2. The summed E-state index contributed by atoms with van der Waals surface area (Å²) >= 11 is 9.30. The van der Waals surface area contributed by atoms with Crippen LogP contribution in [0.3, 0.4) is 0 Å². The molecule has 1 aliphatic rings. The number of urea groups is 1. The zero-order valence-electron chi connectivity index (χ0n) is 11.5. The van der Waals surface area contributed by atoms with Gasteiger partial charge in [-0.05, 0) is 40.4 Å². The van der Waals surface area contributed by atoms with E-state index in [0.29, 0.717) is 28.1 Å². The highest BCUT2D eigenvalue weighted by Gasteiger charge is 2.32. The van der Waals surface area contributed by atoms with Gasteiger partial charge >= 0.3 is 12.0 Å². The van der Waals surface area contributed by atoms with E-state index in [0.717, 1.165) is 0 Å². The molecule has 7 heteroatoms. The minimum absolute atomic E-state index is 0.161. The Morgan fingerprint density at radius 1 is 1.43 bits per heavy atom. The number of nitrogens with one attached hydrogen (secondary N) is 1. The van der Waals surface area contributed by atoms with Gasteiger partial charge in [-0.2, -0.15) is 0 Å². The third kappa shape index (κ3) is 3.89. The minimum Gasteiger partial charge on any atom is -0.481 e. The van der Waals surface area contributed by atoms with E-state index in [9.17, 15) is 9.59 Å². The molecule has 0 spiro atoms. The maximum atomic E-state index is 12.3. The molecule has 5 nitrogen and oxygen atoms in total. The third-order valence-corrected chi connectivity index (χ3v) is 4.89. The lowest BCUT2D eigenvalue weighted by Gasteiger charge is -2.34. The van der Waals surface area contributed by atoms with E-state index in [1.54, 1.807) is 23.1 Å². The number of carboxylic acids is 1. The van der Waals surface area contributed by atoms with Crippen LogP contribution in [0.25, 0.3) is 0 Å². The molecule has 2 amide bonds. The smallest absolute Gasteiger partial charge is 0.321 e. The van der Waals surface area contributed by atoms with Crippen molar-refractivity contribution >= 4 is 45.2 Å². The molecule has 0 bridgehead atoms. The van der Waals surface area contributed by atoms with Crippen molar-refractivity contribution < 1.29 is 14.7 Å². The fraction of sp³-hybridized carbons (Fsp3) is 0.429. The average Bonchev–Trinajstić information content (AvgIpc) is 2.43. The largest absolute Gasteiger partial charge is 0.481 e. The molecule has 0 aliphatic carbocycles. The number of aliphatic carboxylic acids is 1. The number of benzene rings is 1. The number of anilines is 1. The highest BCUT2D eigenvalue weighted by molar-refractivity contribution is 9.10. The molecule has 0 radical (unpaired) electrons. The zero-order chi connectivity index (χ0) is 15.6. The molecule has 114 valence electrons. The van der Waals surface area contributed by atoms with Crippen LogP contribution in [0.2, 0.25) is 5.02 Å². The minimum atomic E-state index is -0.858. The summed E-state index contributed by atoms with van der Waals surface area (Å²) in [4.78, 5) is 25.0. The molecule has 0 saturated carbocycles. The predicted molar refractivity (Wildman–Crippen MR) is 84.7 cm³/mol. The standard InChI is InChI=1S/C14H16BrClN2O3/c1-8-5-9(13(19)20)7-18(6-8)14(21)17-11-4-2-3-10(16)12(11)15/h2-4,8-9H,5-7H2,1H3,(H,17,21)(H,19,20).